The summed E-state index contributed by atoms with van der Waals surface area (Å²) < 4.78 is 0. The Bertz CT molecular complexity index is 820. The molecule has 4 rings (SSSR count). The number of phenolic OH excluding ortho intramolecular Hbond substituents is 1. The van der Waals surface area contributed by atoms with Crippen LogP contribution >= 0.6 is 0 Å². The van der Waals surface area contributed by atoms with E-state index in [-0.39, 0.29) is 0 Å². The Kier molecular flexibility index (Phi) is 8.33. The molecule has 2 aromatic carbocycles. The van der Waals surface area contributed by atoms with Crippen molar-refractivity contribution in [2.45, 2.75) is 103 Å². The fourth-order valence-electron chi connectivity index (χ4n) is 6.64. The van der Waals surface area contributed by atoms with E-state index < -0.39 is 0 Å². The van der Waals surface area contributed by atoms with Crippen LogP contribution in [0.5, 0.6) is 5.75 Å². The number of hydrogen-bond donors (Lipinski definition) is 1. The lowest BCUT2D eigenvalue weighted by atomic mass is 9.68. The second-order valence-electron chi connectivity index (χ2n) is 10.7. The van der Waals surface area contributed by atoms with Gasteiger partial charge in [-0.1, -0.05) is 82.7 Å². The highest BCUT2D eigenvalue weighted by molar-refractivity contribution is 5.68. The lowest BCUT2D eigenvalue weighted by Crippen LogP contribution is -2.25. The number of phenols is 1. The molecule has 0 amide bonds. The minimum absolute atomic E-state index is 0.365. The molecule has 0 atom stereocenters. The van der Waals surface area contributed by atoms with E-state index in [0.29, 0.717) is 5.75 Å². The molecule has 0 bridgehead atoms. The summed E-state index contributed by atoms with van der Waals surface area (Å²) in [5.41, 5.74) is 5.28. The molecule has 2 saturated carbocycles. The number of benzene rings is 2. The molecular weight excluding hydrogens is 388 g/mol. The second kappa shape index (κ2) is 11.4. The van der Waals surface area contributed by atoms with Gasteiger partial charge in [-0.2, -0.15) is 0 Å². The number of aromatic hydroxyl groups is 1. The first-order chi connectivity index (χ1) is 15.7. The van der Waals surface area contributed by atoms with Crippen LogP contribution in [0.4, 0.5) is 0 Å². The van der Waals surface area contributed by atoms with E-state index in [9.17, 15) is 5.11 Å². The molecule has 2 aliphatic rings. The molecule has 0 radical (unpaired) electrons. The Morgan fingerprint density at radius 1 is 0.750 bits per heavy atom. The largest absolute Gasteiger partial charge is 0.508 e. The van der Waals surface area contributed by atoms with Crippen LogP contribution in [0.15, 0.2) is 42.5 Å². The van der Waals surface area contributed by atoms with E-state index >= 15 is 0 Å². The molecule has 0 spiro atoms. The van der Waals surface area contributed by atoms with Gasteiger partial charge in [0.2, 0.25) is 0 Å². The maximum atomic E-state index is 9.80. The first-order valence-corrected chi connectivity index (χ1v) is 13.6. The van der Waals surface area contributed by atoms with Crippen LogP contribution in [-0.2, 0) is 6.42 Å². The molecule has 1 N–H and O–H groups in total. The van der Waals surface area contributed by atoms with Crippen LogP contribution in [0.2, 0.25) is 0 Å². The topological polar surface area (TPSA) is 20.2 Å². The molecule has 1 nitrogen and oxygen atoms in total. The summed E-state index contributed by atoms with van der Waals surface area (Å²) in [4.78, 5) is 0. The van der Waals surface area contributed by atoms with Gasteiger partial charge in [0, 0.05) is 0 Å². The van der Waals surface area contributed by atoms with Crippen molar-refractivity contribution >= 4 is 0 Å². The van der Waals surface area contributed by atoms with Gasteiger partial charge >= 0.3 is 0 Å². The molecule has 2 fully saturated rings. The van der Waals surface area contributed by atoms with Gasteiger partial charge in [-0.3, -0.25) is 0 Å². The van der Waals surface area contributed by atoms with E-state index in [1.165, 1.54) is 99.3 Å². The van der Waals surface area contributed by atoms with Crippen LogP contribution in [0.1, 0.15) is 108 Å². The van der Waals surface area contributed by atoms with E-state index in [2.05, 4.69) is 44.2 Å². The molecule has 0 saturated heterocycles. The van der Waals surface area contributed by atoms with Crippen molar-refractivity contribution in [2.24, 2.45) is 17.8 Å². The van der Waals surface area contributed by atoms with Gasteiger partial charge in [0.15, 0.2) is 0 Å². The SMILES string of the molecule is CCCCCC1CCC(C2CCC(c3ccc(-c4ccc(O)cc4CC)cc3)CC2)CC1. The van der Waals surface area contributed by atoms with Gasteiger partial charge in [-0.15, -0.1) is 0 Å². The molecule has 2 aliphatic carbocycles. The van der Waals surface area contributed by atoms with Crippen LogP contribution in [0.25, 0.3) is 11.1 Å². The molecule has 32 heavy (non-hydrogen) atoms. The lowest BCUT2D eigenvalue weighted by molar-refractivity contribution is 0.155. The Labute approximate surface area is 196 Å². The summed E-state index contributed by atoms with van der Waals surface area (Å²) >= 11 is 0. The average molecular weight is 433 g/mol. The average Bonchev–Trinajstić information content (AvgIpc) is 2.85. The molecule has 174 valence electrons. The summed E-state index contributed by atoms with van der Waals surface area (Å²) in [6.45, 7) is 4.48. The van der Waals surface area contributed by atoms with Crippen molar-refractivity contribution in [1.82, 2.24) is 0 Å². The fourth-order valence-corrected chi connectivity index (χ4v) is 6.64. The number of rotatable bonds is 8. The number of hydrogen-bond acceptors (Lipinski definition) is 1. The zero-order valence-corrected chi connectivity index (χ0v) is 20.5. The van der Waals surface area contributed by atoms with Crippen molar-refractivity contribution in [3.8, 4) is 16.9 Å². The molecule has 2 aromatic rings. The van der Waals surface area contributed by atoms with Gasteiger partial charge in [-0.05, 0) is 103 Å². The predicted octanol–water partition coefficient (Wildman–Crippen LogP) is 9.28. The highest BCUT2D eigenvalue weighted by Crippen LogP contribution is 2.44. The summed E-state index contributed by atoms with van der Waals surface area (Å²) in [6.07, 6.45) is 18.3. The van der Waals surface area contributed by atoms with Crippen molar-refractivity contribution in [3.05, 3.63) is 53.6 Å². The van der Waals surface area contributed by atoms with Crippen LogP contribution < -0.4 is 0 Å². The van der Waals surface area contributed by atoms with Crippen molar-refractivity contribution in [1.29, 1.82) is 0 Å². The van der Waals surface area contributed by atoms with Crippen molar-refractivity contribution < 1.29 is 5.11 Å². The van der Waals surface area contributed by atoms with Crippen LogP contribution in [-0.4, -0.2) is 5.11 Å². The fraction of sp³-hybridized carbons (Fsp3) is 0.613. The summed E-state index contributed by atoms with van der Waals surface area (Å²) in [6, 6.07) is 15.1. The predicted molar refractivity (Wildman–Crippen MR) is 137 cm³/mol. The molecule has 0 heterocycles. The number of unbranched alkanes of at least 4 members (excludes halogenated alkanes) is 2. The normalized spacial score (nSPS) is 26.2. The van der Waals surface area contributed by atoms with E-state index in [1.807, 2.05) is 12.1 Å². The van der Waals surface area contributed by atoms with Gasteiger partial charge in [0.25, 0.3) is 0 Å². The Hall–Kier alpha value is -1.76. The standard InChI is InChI=1S/C31H44O/c1-3-5-6-7-23-8-10-25(11-9-23)26-12-14-27(15-13-26)28-16-18-29(19-17-28)31-21-20-30(32)22-24(31)4-2/h16-23,25-27,32H,3-15H2,1-2H3. The van der Waals surface area contributed by atoms with E-state index in [4.69, 9.17) is 0 Å². The van der Waals surface area contributed by atoms with Crippen LogP contribution in [0, 0.1) is 17.8 Å². The Morgan fingerprint density at radius 2 is 1.41 bits per heavy atom. The summed E-state index contributed by atoms with van der Waals surface area (Å²) in [5, 5.41) is 9.80. The van der Waals surface area contributed by atoms with Crippen LogP contribution in [0.3, 0.4) is 0 Å². The van der Waals surface area contributed by atoms with Gasteiger partial charge < -0.3 is 5.11 Å². The Morgan fingerprint density at radius 3 is 2.03 bits per heavy atom. The van der Waals surface area contributed by atoms with E-state index in [1.54, 1.807) is 0 Å². The molecule has 0 aliphatic heterocycles. The summed E-state index contributed by atoms with van der Waals surface area (Å²) in [5.74, 6) is 4.16. The zero-order chi connectivity index (χ0) is 22.3. The van der Waals surface area contributed by atoms with Crippen molar-refractivity contribution in [3.63, 3.8) is 0 Å². The van der Waals surface area contributed by atoms with Gasteiger partial charge in [0.1, 0.15) is 5.75 Å². The molecule has 0 unspecified atom stereocenters. The number of aryl methyl sites for hydroxylation is 1. The minimum atomic E-state index is 0.365. The van der Waals surface area contributed by atoms with Gasteiger partial charge in [0.05, 0.1) is 0 Å². The van der Waals surface area contributed by atoms with Gasteiger partial charge in [-0.25, -0.2) is 0 Å². The third-order valence-corrected chi connectivity index (χ3v) is 8.71. The molecular formula is C31H44O. The highest BCUT2D eigenvalue weighted by atomic mass is 16.3. The molecule has 0 aromatic heterocycles. The maximum Gasteiger partial charge on any atom is 0.115 e. The molecule has 1 heteroatoms. The third kappa shape index (κ3) is 5.77. The van der Waals surface area contributed by atoms with Crippen molar-refractivity contribution in [2.75, 3.05) is 0 Å². The first-order valence-electron chi connectivity index (χ1n) is 13.6. The minimum Gasteiger partial charge on any atom is -0.508 e. The first kappa shape index (κ1) is 23.4. The summed E-state index contributed by atoms with van der Waals surface area (Å²) in [7, 11) is 0. The highest BCUT2D eigenvalue weighted by Gasteiger charge is 2.31. The Balaban J connectivity index is 1.28. The maximum absolute atomic E-state index is 9.80. The quantitative estimate of drug-likeness (QED) is 0.412. The smallest absolute Gasteiger partial charge is 0.115 e. The third-order valence-electron chi connectivity index (χ3n) is 8.71. The second-order valence-corrected chi connectivity index (χ2v) is 10.7. The monoisotopic (exact) mass is 432 g/mol. The van der Waals surface area contributed by atoms with E-state index in [0.717, 1.165) is 30.1 Å². The zero-order valence-electron chi connectivity index (χ0n) is 20.5. The lowest BCUT2D eigenvalue weighted by Gasteiger charge is -2.38.